The van der Waals surface area contributed by atoms with Crippen LogP contribution in [0, 0.1) is 6.92 Å². The number of aromatic nitrogens is 1. The predicted octanol–water partition coefficient (Wildman–Crippen LogP) is 2.84. The van der Waals surface area contributed by atoms with Crippen molar-refractivity contribution >= 4 is 17.9 Å². The minimum absolute atomic E-state index is 0.224. The summed E-state index contributed by atoms with van der Waals surface area (Å²) < 4.78 is 0. The van der Waals surface area contributed by atoms with E-state index in [1.807, 2.05) is 25.1 Å². The van der Waals surface area contributed by atoms with Crippen LogP contribution in [0.25, 0.3) is 0 Å². The Labute approximate surface area is 105 Å². The van der Waals surface area contributed by atoms with Crippen LogP contribution in [0.5, 0.6) is 0 Å². The molecule has 2 aromatic rings. The molecular weight excluding hydrogens is 228 g/mol. The summed E-state index contributed by atoms with van der Waals surface area (Å²) in [5.41, 5.74) is 2.48. The highest BCUT2D eigenvalue weighted by Gasteiger charge is 2.01. The van der Waals surface area contributed by atoms with Crippen LogP contribution in [0.3, 0.4) is 0 Å². The number of hydrogen-bond acceptors (Lipinski definition) is 3. The van der Waals surface area contributed by atoms with Gasteiger partial charge >= 0.3 is 5.97 Å². The third-order valence-electron chi connectivity index (χ3n) is 2.35. The highest BCUT2D eigenvalue weighted by molar-refractivity contribution is 5.89. The molecule has 0 aliphatic carbocycles. The first-order valence-electron chi connectivity index (χ1n) is 5.46. The number of aliphatic imine (C=N–C) groups is 1. The highest BCUT2D eigenvalue weighted by Crippen LogP contribution is 2.14. The molecule has 0 bridgehead atoms. The molecule has 0 amide bonds. The van der Waals surface area contributed by atoms with Gasteiger partial charge < -0.3 is 5.11 Å². The maximum atomic E-state index is 10.8. The van der Waals surface area contributed by atoms with E-state index in [0.29, 0.717) is 5.69 Å². The second-order valence-corrected chi connectivity index (χ2v) is 3.82. The van der Waals surface area contributed by atoms with Crippen molar-refractivity contribution in [3.05, 3.63) is 59.4 Å². The summed E-state index contributed by atoms with van der Waals surface area (Å²) in [6, 6.07) is 12.1. The second-order valence-electron chi connectivity index (χ2n) is 3.82. The molecule has 0 saturated carbocycles. The fourth-order valence-corrected chi connectivity index (χ4v) is 1.50. The Morgan fingerprint density at radius 3 is 2.78 bits per heavy atom. The number of benzene rings is 1. The highest BCUT2D eigenvalue weighted by atomic mass is 16.4. The van der Waals surface area contributed by atoms with Gasteiger partial charge in [-0.3, -0.25) is 9.98 Å². The Kier molecular flexibility index (Phi) is 3.48. The zero-order chi connectivity index (χ0) is 13.0. The molecule has 0 aliphatic heterocycles. The van der Waals surface area contributed by atoms with Crippen LogP contribution in [0.15, 0.2) is 47.5 Å². The molecule has 0 saturated heterocycles. The number of carboxylic acids is 1. The van der Waals surface area contributed by atoms with Gasteiger partial charge in [0, 0.05) is 5.69 Å². The van der Waals surface area contributed by atoms with Gasteiger partial charge in [0.15, 0.2) is 0 Å². The summed E-state index contributed by atoms with van der Waals surface area (Å²) in [6.07, 6.45) is 1.62. The molecule has 1 aromatic heterocycles. The van der Waals surface area contributed by atoms with E-state index in [4.69, 9.17) is 5.11 Å². The molecule has 0 radical (unpaired) electrons. The standard InChI is InChI=1S/C14H12N2O2/c1-10-4-2-7-13(16-10)9-15-12-6-3-5-11(8-12)14(17)18/h2-9H,1H3,(H,17,18). The quantitative estimate of drug-likeness (QED) is 0.839. The van der Waals surface area contributed by atoms with E-state index in [1.165, 1.54) is 12.1 Å². The lowest BCUT2D eigenvalue weighted by molar-refractivity contribution is 0.0697. The van der Waals surface area contributed by atoms with Gasteiger partial charge in [0.1, 0.15) is 0 Å². The number of carbonyl (C=O) groups is 1. The summed E-state index contributed by atoms with van der Waals surface area (Å²) in [6.45, 7) is 1.91. The lowest BCUT2D eigenvalue weighted by Crippen LogP contribution is -1.94. The van der Waals surface area contributed by atoms with Crippen LogP contribution in [0.2, 0.25) is 0 Å². The maximum absolute atomic E-state index is 10.8. The summed E-state index contributed by atoms with van der Waals surface area (Å²) in [5.74, 6) is -0.958. The third kappa shape index (κ3) is 3.01. The Bertz CT molecular complexity index is 606. The lowest BCUT2D eigenvalue weighted by Gasteiger charge is -1.97. The SMILES string of the molecule is Cc1cccc(C=Nc2cccc(C(=O)O)c2)n1. The molecule has 1 heterocycles. The molecule has 4 heteroatoms. The molecular formula is C14H12N2O2. The third-order valence-corrected chi connectivity index (χ3v) is 2.35. The maximum Gasteiger partial charge on any atom is 0.335 e. The van der Waals surface area contributed by atoms with Gasteiger partial charge in [-0.25, -0.2) is 4.79 Å². The van der Waals surface area contributed by atoms with Crippen molar-refractivity contribution in [2.45, 2.75) is 6.92 Å². The summed E-state index contributed by atoms with van der Waals surface area (Å²) in [5, 5.41) is 8.87. The summed E-state index contributed by atoms with van der Waals surface area (Å²) >= 11 is 0. The smallest absolute Gasteiger partial charge is 0.335 e. The van der Waals surface area contributed by atoms with Crippen molar-refractivity contribution in [3.63, 3.8) is 0 Å². The molecule has 2 rings (SSSR count). The summed E-state index contributed by atoms with van der Waals surface area (Å²) in [7, 11) is 0. The average molecular weight is 240 g/mol. The van der Waals surface area contributed by atoms with E-state index >= 15 is 0 Å². The van der Waals surface area contributed by atoms with E-state index < -0.39 is 5.97 Å². The van der Waals surface area contributed by atoms with Gasteiger partial charge in [-0.05, 0) is 37.3 Å². The van der Waals surface area contributed by atoms with Gasteiger partial charge in [-0.1, -0.05) is 12.1 Å². The van der Waals surface area contributed by atoms with Gasteiger partial charge in [0.25, 0.3) is 0 Å². The number of aromatic carboxylic acids is 1. The Balaban J connectivity index is 2.23. The predicted molar refractivity (Wildman–Crippen MR) is 69.6 cm³/mol. The zero-order valence-electron chi connectivity index (χ0n) is 9.87. The first-order valence-corrected chi connectivity index (χ1v) is 5.46. The number of nitrogens with zero attached hydrogens (tertiary/aromatic N) is 2. The molecule has 0 fully saturated rings. The number of aryl methyl sites for hydroxylation is 1. The van der Waals surface area contributed by atoms with Crippen molar-refractivity contribution in [1.82, 2.24) is 4.98 Å². The van der Waals surface area contributed by atoms with Crippen LogP contribution in [0.4, 0.5) is 5.69 Å². The van der Waals surface area contributed by atoms with E-state index in [1.54, 1.807) is 18.3 Å². The van der Waals surface area contributed by atoms with Crippen molar-refractivity contribution < 1.29 is 9.90 Å². The molecule has 0 atom stereocenters. The van der Waals surface area contributed by atoms with E-state index in [-0.39, 0.29) is 5.56 Å². The number of pyridine rings is 1. The molecule has 0 aliphatic rings. The molecule has 4 nitrogen and oxygen atoms in total. The Hall–Kier alpha value is -2.49. The van der Waals surface area contributed by atoms with Crippen molar-refractivity contribution in [3.8, 4) is 0 Å². The van der Waals surface area contributed by atoms with E-state index in [9.17, 15) is 4.79 Å². The molecule has 0 unspecified atom stereocenters. The summed E-state index contributed by atoms with van der Waals surface area (Å²) in [4.78, 5) is 19.3. The lowest BCUT2D eigenvalue weighted by atomic mass is 10.2. The largest absolute Gasteiger partial charge is 0.478 e. The Morgan fingerprint density at radius 2 is 2.06 bits per heavy atom. The van der Waals surface area contributed by atoms with Crippen LogP contribution >= 0.6 is 0 Å². The van der Waals surface area contributed by atoms with Crippen molar-refractivity contribution in [2.75, 3.05) is 0 Å². The topological polar surface area (TPSA) is 62.5 Å². The minimum Gasteiger partial charge on any atom is -0.478 e. The number of hydrogen-bond donors (Lipinski definition) is 1. The van der Waals surface area contributed by atoms with Gasteiger partial charge in [-0.15, -0.1) is 0 Å². The van der Waals surface area contributed by atoms with Crippen LogP contribution < -0.4 is 0 Å². The van der Waals surface area contributed by atoms with Crippen molar-refractivity contribution in [2.24, 2.45) is 4.99 Å². The normalized spacial score (nSPS) is 10.7. The first kappa shape index (κ1) is 12.0. The molecule has 0 spiro atoms. The molecule has 1 aromatic carbocycles. The number of carboxylic acid groups (broad SMARTS) is 1. The Morgan fingerprint density at radius 1 is 1.28 bits per heavy atom. The molecule has 1 N–H and O–H groups in total. The minimum atomic E-state index is -0.958. The average Bonchev–Trinajstić information content (AvgIpc) is 2.37. The molecule has 90 valence electrons. The monoisotopic (exact) mass is 240 g/mol. The van der Waals surface area contributed by atoms with Gasteiger partial charge in [0.2, 0.25) is 0 Å². The fourth-order valence-electron chi connectivity index (χ4n) is 1.50. The zero-order valence-corrected chi connectivity index (χ0v) is 9.87. The van der Waals surface area contributed by atoms with Crippen LogP contribution in [-0.2, 0) is 0 Å². The van der Waals surface area contributed by atoms with E-state index in [2.05, 4.69) is 9.98 Å². The van der Waals surface area contributed by atoms with Gasteiger partial charge in [-0.2, -0.15) is 0 Å². The van der Waals surface area contributed by atoms with Crippen LogP contribution in [0.1, 0.15) is 21.7 Å². The molecule has 18 heavy (non-hydrogen) atoms. The second kappa shape index (κ2) is 5.23. The fraction of sp³-hybridized carbons (Fsp3) is 0.0714. The first-order chi connectivity index (χ1) is 8.65. The number of rotatable bonds is 3. The van der Waals surface area contributed by atoms with Gasteiger partial charge in [0.05, 0.1) is 23.2 Å². The van der Waals surface area contributed by atoms with Crippen molar-refractivity contribution in [1.29, 1.82) is 0 Å². The van der Waals surface area contributed by atoms with E-state index in [0.717, 1.165) is 11.4 Å². The van der Waals surface area contributed by atoms with Crippen LogP contribution in [-0.4, -0.2) is 22.3 Å².